The van der Waals surface area contributed by atoms with Gasteiger partial charge in [-0.3, -0.25) is 4.79 Å². The number of ether oxygens (including phenoxy) is 1. The first-order valence-corrected chi connectivity index (χ1v) is 5.65. The molecule has 5 heteroatoms. The zero-order chi connectivity index (χ0) is 12.4. The maximum Gasteiger partial charge on any atom is 0.341 e. The number of hydrogen-bond acceptors (Lipinski definition) is 3. The van der Waals surface area contributed by atoms with E-state index in [0.717, 1.165) is 12.8 Å². The minimum atomic E-state index is -1.19. The Kier molecular flexibility index (Phi) is 3.28. The molecule has 0 aliphatic carbocycles. The molecule has 1 aliphatic rings. The second-order valence-corrected chi connectivity index (χ2v) is 4.37. The molecule has 17 heavy (non-hydrogen) atoms. The van der Waals surface area contributed by atoms with Crippen LogP contribution in [0.25, 0.3) is 0 Å². The average molecular weight is 237 g/mol. The van der Waals surface area contributed by atoms with Gasteiger partial charge < -0.3 is 14.4 Å². The number of nitrogens with zero attached hydrogens (tertiary/aromatic N) is 1. The van der Waals surface area contributed by atoms with Gasteiger partial charge in [0.2, 0.25) is 0 Å². The summed E-state index contributed by atoms with van der Waals surface area (Å²) in [5, 5.41) is 8.85. The van der Waals surface area contributed by atoms with Crippen LogP contribution in [-0.2, 0) is 11.3 Å². The van der Waals surface area contributed by atoms with Gasteiger partial charge in [-0.2, -0.15) is 0 Å². The SMILES string of the molecule is CC1CCC(Cn2ccc(=O)c(C(=O)O)c2)O1. The van der Waals surface area contributed by atoms with Crippen molar-refractivity contribution in [2.45, 2.75) is 38.5 Å². The molecule has 0 bridgehead atoms. The predicted molar refractivity (Wildman–Crippen MR) is 61.2 cm³/mol. The van der Waals surface area contributed by atoms with Crippen molar-refractivity contribution in [2.24, 2.45) is 0 Å². The van der Waals surface area contributed by atoms with E-state index in [1.807, 2.05) is 6.92 Å². The Bertz CT molecular complexity index is 480. The molecule has 2 rings (SSSR count). The number of carboxylic acid groups (broad SMARTS) is 1. The maximum atomic E-state index is 11.3. The van der Waals surface area contributed by atoms with Crippen molar-refractivity contribution >= 4 is 5.97 Å². The number of hydrogen-bond donors (Lipinski definition) is 1. The monoisotopic (exact) mass is 237 g/mol. The van der Waals surface area contributed by atoms with Crippen LogP contribution in [0, 0.1) is 0 Å². The summed E-state index contributed by atoms with van der Waals surface area (Å²) in [5.74, 6) is -1.19. The molecule has 0 spiro atoms. The van der Waals surface area contributed by atoms with Gasteiger partial charge >= 0.3 is 5.97 Å². The smallest absolute Gasteiger partial charge is 0.341 e. The fourth-order valence-corrected chi connectivity index (χ4v) is 2.05. The Morgan fingerprint density at radius 2 is 2.35 bits per heavy atom. The molecule has 1 saturated heterocycles. The number of aromatic nitrogens is 1. The minimum absolute atomic E-state index is 0.106. The summed E-state index contributed by atoms with van der Waals surface area (Å²) in [6.45, 7) is 2.61. The summed E-state index contributed by atoms with van der Waals surface area (Å²) in [6.07, 6.45) is 5.33. The first-order chi connectivity index (χ1) is 8.06. The van der Waals surface area contributed by atoms with E-state index in [-0.39, 0.29) is 17.8 Å². The lowest BCUT2D eigenvalue weighted by Gasteiger charge is -2.13. The molecular formula is C12H15NO4. The van der Waals surface area contributed by atoms with Crippen LogP contribution in [0.15, 0.2) is 23.3 Å². The van der Waals surface area contributed by atoms with E-state index in [1.165, 1.54) is 12.3 Å². The highest BCUT2D eigenvalue weighted by molar-refractivity contribution is 5.86. The van der Waals surface area contributed by atoms with E-state index in [0.29, 0.717) is 6.54 Å². The van der Waals surface area contributed by atoms with E-state index in [4.69, 9.17) is 9.84 Å². The quantitative estimate of drug-likeness (QED) is 0.855. The first-order valence-electron chi connectivity index (χ1n) is 5.65. The Balaban J connectivity index is 2.14. The number of aromatic carboxylic acids is 1. The Labute approximate surface area is 98.6 Å². The summed E-state index contributed by atoms with van der Waals surface area (Å²) < 4.78 is 7.35. The van der Waals surface area contributed by atoms with Crippen LogP contribution < -0.4 is 5.43 Å². The molecule has 0 amide bonds. The van der Waals surface area contributed by atoms with E-state index >= 15 is 0 Å². The molecule has 0 radical (unpaired) electrons. The molecule has 1 aliphatic heterocycles. The highest BCUT2D eigenvalue weighted by Gasteiger charge is 2.22. The zero-order valence-corrected chi connectivity index (χ0v) is 9.63. The topological polar surface area (TPSA) is 68.5 Å². The fraction of sp³-hybridized carbons (Fsp3) is 0.500. The highest BCUT2D eigenvalue weighted by Crippen LogP contribution is 2.20. The normalized spacial score (nSPS) is 23.8. The van der Waals surface area contributed by atoms with Crippen molar-refractivity contribution in [1.82, 2.24) is 4.57 Å². The molecular weight excluding hydrogens is 222 g/mol. The van der Waals surface area contributed by atoms with Crippen molar-refractivity contribution in [3.05, 3.63) is 34.2 Å². The van der Waals surface area contributed by atoms with Gasteiger partial charge in [-0.15, -0.1) is 0 Å². The van der Waals surface area contributed by atoms with E-state index in [2.05, 4.69) is 0 Å². The third kappa shape index (κ3) is 2.74. The fourth-order valence-electron chi connectivity index (χ4n) is 2.05. The van der Waals surface area contributed by atoms with Crippen LogP contribution in [0.5, 0.6) is 0 Å². The summed E-state index contributed by atoms with van der Waals surface area (Å²) in [5.41, 5.74) is -0.659. The summed E-state index contributed by atoms with van der Waals surface area (Å²) in [7, 11) is 0. The summed E-state index contributed by atoms with van der Waals surface area (Å²) >= 11 is 0. The van der Waals surface area contributed by atoms with Gasteiger partial charge in [0.05, 0.1) is 12.2 Å². The molecule has 2 atom stereocenters. The van der Waals surface area contributed by atoms with E-state index < -0.39 is 11.4 Å². The van der Waals surface area contributed by atoms with E-state index in [9.17, 15) is 9.59 Å². The largest absolute Gasteiger partial charge is 0.477 e. The maximum absolute atomic E-state index is 11.3. The van der Waals surface area contributed by atoms with Gasteiger partial charge in [-0.1, -0.05) is 0 Å². The van der Waals surface area contributed by atoms with Crippen molar-refractivity contribution in [2.75, 3.05) is 0 Å². The minimum Gasteiger partial charge on any atom is -0.477 e. The molecule has 2 unspecified atom stereocenters. The van der Waals surface area contributed by atoms with Crippen LogP contribution in [0.4, 0.5) is 0 Å². The number of rotatable bonds is 3. The van der Waals surface area contributed by atoms with Gasteiger partial charge in [0, 0.05) is 25.0 Å². The Hall–Kier alpha value is -1.62. The van der Waals surface area contributed by atoms with Crippen LogP contribution in [0.3, 0.4) is 0 Å². The van der Waals surface area contributed by atoms with Crippen LogP contribution in [0.2, 0.25) is 0 Å². The summed E-state index contributed by atoms with van der Waals surface area (Å²) in [6, 6.07) is 1.28. The van der Waals surface area contributed by atoms with Crippen molar-refractivity contribution in [3.63, 3.8) is 0 Å². The molecule has 5 nitrogen and oxygen atoms in total. The molecule has 0 saturated carbocycles. The number of carbonyl (C=O) groups is 1. The Morgan fingerprint density at radius 1 is 1.59 bits per heavy atom. The Morgan fingerprint density at radius 3 is 2.94 bits per heavy atom. The average Bonchev–Trinajstić information content (AvgIpc) is 2.66. The van der Waals surface area contributed by atoms with Gasteiger partial charge in [-0.25, -0.2) is 4.79 Å². The predicted octanol–water partition coefficient (Wildman–Crippen LogP) is 1.11. The molecule has 1 fully saturated rings. The molecule has 2 heterocycles. The molecule has 1 aromatic heterocycles. The molecule has 1 N–H and O–H groups in total. The van der Waals surface area contributed by atoms with Gasteiger partial charge in [0.1, 0.15) is 5.56 Å². The van der Waals surface area contributed by atoms with Crippen molar-refractivity contribution < 1.29 is 14.6 Å². The van der Waals surface area contributed by atoms with Crippen LogP contribution >= 0.6 is 0 Å². The highest BCUT2D eigenvalue weighted by atomic mass is 16.5. The second kappa shape index (κ2) is 4.71. The first kappa shape index (κ1) is 11.9. The zero-order valence-electron chi connectivity index (χ0n) is 9.63. The molecule has 92 valence electrons. The van der Waals surface area contributed by atoms with Crippen LogP contribution in [0.1, 0.15) is 30.1 Å². The molecule has 0 aromatic carbocycles. The molecule has 1 aromatic rings. The van der Waals surface area contributed by atoms with Gasteiger partial charge in [-0.05, 0) is 19.8 Å². The van der Waals surface area contributed by atoms with Gasteiger partial charge in [0.25, 0.3) is 0 Å². The lowest BCUT2D eigenvalue weighted by molar-refractivity contribution is 0.0454. The lowest BCUT2D eigenvalue weighted by Crippen LogP contribution is -2.21. The van der Waals surface area contributed by atoms with Crippen LogP contribution in [-0.4, -0.2) is 27.9 Å². The number of pyridine rings is 1. The van der Waals surface area contributed by atoms with Crippen molar-refractivity contribution in [1.29, 1.82) is 0 Å². The number of carboxylic acids is 1. The third-order valence-corrected chi connectivity index (χ3v) is 2.94. The lowest BCUT2D eigenvalue weighted by atomic mass is 10.2. The van der Waals surface area contributed by atoms with E-state index in [1.54, 1.807) is 10.8 Å². The van der Waals surface area contributed by atoms with Crippen molar-refractivity contribution in [3.8, 4) is 0 Å². The second-order valence-electron chi connectivity index (χ2n) is 4.37. The van der Waals surface area contributed by atoms with Gasteiger partial charge in [0.15, 0.2) is 5.43 Å². The third-order valence-electron chi connectivity index (χ3n) is 2.94. The summed E-state index contributed by atoms with van der Waals surface area (Å²) in [4.78, 5) is 22.1. The standard InChI is InChI=1S/C12H15NO4/c1-8-2-3-9(17-8)6-13-5-4-11(14)10(7-13)12(15)16/h4-5,7-9H,2-3,6H2,1H3,(H,15,16).